The molecule has 3 aromatic rings. The molecular formula is C11H12N6S2. The van der Waals surface area contributed by atoms with Crippen LogP contribution in [0, 0.1) is 6.92 Å². The first-order valence-electron chi connectivity index (χ1n) is 5.81. The zero-order chi connectivity index (χ0) is 13.2. The van der Waals surface area contributed by atoms with Crippen molar-refractivity contribution in [3.63, 3.8) is 0 Å². The number of fused-ring (bicyclic) bond motifs is 1. The van der Waals surface area contributed by atoms with Crippen LogP contribution in [0.15, 0.2) is 20.9 Å². The second-order valence-corrected chi connectivity index (χ2v) is 5.97. The van der Waals surface area contributed by atoms with Crippen molar-refractivity contribution in [2.75, 3.05) is 11.9 Å². The number of aromatic amines is 1. The van der Waals surface area contributed by atoms with Gasteiger partial charge < -0.3 is 5.32 Å². The van der Waals surface area contributed by atoms with E-state index < -0.39 is 0 Å². The molecule has 0 aliphatic heterocycles. The zero-order valence-corrected chi connectivity index (χ0v) is 12.1. The fourth-order valence-corrected chi connectivity index (χ4v) is 3.43. The largest absolute Gasteiger partial charge is 0.354 e. The molecule has 0 amide bonds. The first kappa shape index (κ1) is 12.4. The second kappa shape index (κ2) is 5.14. The highest BCUT2D eigenvalue weighted by atomic mass is 32.2. The summed E-state index contributed by atoms with van der Waals surface area (Å²) < 4.78 is 0.973. The third kappa shape index (κ3) is 2.54. The van der Waals surface area contributed by atoms with Crippen molar-refractivity contribution < 1.29 is 0 Å². The van der Waals surface area contributed by atoms with Crippen LogP contribution in [0.1, 0.15) is 12.6 Å². The molecule has 0 fully saturated rings. The summed E-state index contributed by atoms with van der Waals surface area (Å²) in [5.41, 5.74) is 1.76. The molecule has 98 valence electrons. The second-order valence-electron chi connectivity index (χ2n) is 3.87. The molecule has 2 N–H and O–H groups in total. The van der Waals surface area contributed by atoms with Gasteiger partial charge in [0.05, 0.1) is 11.6 Å². The summed E-state index contributed by atoms with van der Waals surface area (Å²) in [5.74, 6) is 0.607. The van der Waals surface area contributed by atoms with Crippen LogP contribution in [0.2, 0.25) is 0 Å². The Hall–Kier alpha value is -1.67. The molecular weight excluding hydrogens is 280 g/mol. The van der Waals surface area contributed by atoms with E-state index >= 15 is 0 Å². The Kier molecular flexibility index (Phi) is 3.34. The number of hydrogen-bond acceptors (Lipinski definition) is 7. The minimum atomic E-state index is 0.607. The van der Waals surface area contributed by atoms with E-state index in [0.29, 0.717) is 5.95 Å². The minimum Gasteiger partial charge on any atom is -0.354 e. The molecule has 3 rings (SSSR count). The lowest BCUT2D eigenvalue weighted by atomic mass is 10.4. The molecule has 8 heteroatoms. The normalized spacial score (nSPS) is 11.1. The molecule has 0 aliphatic carbocycles. The lowest BCUT2D eigenvalue weighted by molar-refractivity contribution is 1.03. The first-order chi connectivity index (χ1) is 9.26. The van der Waals surface area contributed by atoms with E-state index in [0.717, 1.165) is 32.6 Å². The van der Waals surface area contributed by atoms with Crippen LogP contribution in [-0.4, -0.2) is 31.7 Å². The van der Waals surface area contributed by atoms with E-state index in [1.807, 2.05) is 19.2 Å². The standard InChI is InChI=1S/C11H12N6S2/c1-3-12-10-15-8-7(4-13-17-8)9(16-10)19-11-14-6(2)5-18-11/h4-5H,3H2,1-2H3,(H2,12,13,15,16,17). The summed E-state index contributed by atoms with van der Waals surface area (Å²) in [6.07, 6.45) is 1.74. The van der Waals surface area contributed by atoms with Crippen molar-refractivity contribution in [3.05, 3.63) is 17.3 Å². The average molecular weight is 292 g/mol. The molecule has 0 saturated heterocycles. The fraction of sp³-hybridized carbons (Fsp3) is 0.273. The van der Waals surface area contributed by atoms with Crippen LogP contribution in [0.25, 0.3) is 11.0 Å². The van der Waals surface area contributed by atoms with Crippen molar-refractivity contribution in [2.45, 2.75) is 23.2 Å². The smallest absolute Gasteiger partial charge is 0.225 e. The van der Waals surface area contributed by atoms with Crippen molar-refractivity contribution in [1.29, 1.82) is 0 Å². The van der Waals surface area contributed by atoms with Crippen molar-refractivity contribution in [2.24, 2.45) is 0 Å². The van der Waals surface area contributed by atoms with Gasteiger partial charge in [-0.05, 0) is 25.6 Å². The number of thiazole rings is 1. The van der Waals surface area contributed by atoms with Gasteiger partial charge in [0.25, 0.3) is 0 Å². The lowest BCUT2D eigenvalue weighted by Crippen LogP contribution is -2.02. The van der Waals surface area contributed by atoms with Gasteiger partial charge in [-0.25, -0.2) is 9.97 Å². The predicted molar refractivity (Wildman–Crippen MR) is 76.8 cm³/mol. The number of nitrogens with zero attached hydrogens (tertiary/aromatic N) is 4. The molecule has 0 aromatic carbocycles. The number of anilines is 1. The number of aryl methyl sites for hydroxylation is 1. The van der Waals surface area contributed by atoms with Crippen molar-refractivity contribution in [3.8, 4) is 0 Å². The Balaban J connectivity index is 2.02. The third-order valence-corrected chi connectivity index (χ3v) is 4.45. The third-order valence-electron chi connectivity index (χ3n) is 2.39. The van der Waals surface area contributed by atoms with Gasteiger partial charge >= 0.3 is 0 Å². The van der Waals surface area contributed by atoms with Gasteiger partial charge in [-0.2, -0.15) is 10.1 Å². The molecule has 0 saturated carbocycles. The van der Waals surface area contributed by atoms with E-state index in [1.165, 1.54) is 11.8 Å². The monoisotopic (exact) mass is 292 g/mol. The summed E-state index contributed by atoms with van der Waals surface area (Å²) in [6, 6.07) is 0. The van der Waals surface area contributed by atoms with E-state index in [4.69, 9.17) is 0 Å². The SMILES string of the molecule is CCNc1nc(Sc2nc(C)cs2)c2cn[nH]c2n1. The Morgan fingerprint density at radius 3 is 3.00 bits per heavy atom. The number of aromatic nitrogens is 5. The van der Waals surface area contributed by atoms with Gasteiger partial charge in [0.1, 0.15) is 5.03 Å². The van der Waals surface area contributed by atoms with Gasteiger partial charge in [-0.15, -0.1) is 11.3 Å². The summed E-state index contributed by atoms with van der Waals surface area (Å²) in [5, 5.41) is 13.8. The average Bonchev–Trinajstić information content (AvgIpc) is 2.99. The maximum Gasteiger partial charge on any atom is 0.225 e. The van der Waals surface area contributed by atoms with Gasteiger partial charge in [0.15, 0.2) is 9.99 Å². The van der Waals surface area contributed by atoms with Crippen LogP contribution < -0.4 is 5.32 Å². The Labute approximate surface area is 118 Å². The fourth-order valence-electron chi connectivity index (χ4n) is 1.59. The van der Waals surface area contributed by atoms with Crippen molar-refractivity contribution >= 4 is 40.1 Å². The van der Waals surface area contributed by atoms with Gasteiger partial charge in [0.2, 0.25) is 5.95 Å². The van der Waals surface area contributed by atoms with E-state index in [9.17, 15) is 0 Å². The Morgan fingerprint density at radius 2 is 2.26 bits per heavy atom. The summed E-state index contributed by atoms with van der Waals surface area (Å²) >= 11 is 3.15. The maximum absolute atomic E-state index is 4.51. The zero-order valence-electron chi connectivity index (χ0n) is 10.5. The van der Waals surface area contributed by atoms with E-state index in [-0.39, 0.29) is 0 Å². The molecule has 19 heavy (non-hydrogen) atoms. The quantitative estimate of drug-likeness (QED) is 0.720. The van der Waals surface area contributed by atoms with Crippen LogP contribution in [0.3, 0.4) is 0 Å². The van der Waals surface area contributed by atoms with Crippen LogP contribution in [0.4, 0.5) is 5.95 Å². The van der Waals surface area contributed by atoms with Gasteiger partial charge in [-0.3, -0.25) is 5.10 Å². The molecule has 0 unspecified atom stereocenters. The van der Waals surface area contributed by atoms with E-state index in [1.54, 1.807) is 17.5 Å². The molecule has 0 radical (unpaired) electrons. The number of nitrogens with one attached hydrogen (secondary N) is 2. The van der Waals surface area contributed by atoms with Gasteiger partial charge in [0, 0.05) is 17.6 Å². The maximum atomic E-state index is 4.51. The van der Waals surface area contributed by atoms with Gasteiger partial charge in [-0.1, -0.05) is 0 Å². The summed E-state index contributed by atoms with van der Waals surface area (Å²) in [7, 11) is 0. The van der Waals surface area contributed by atoms with Crippen LogP contribution in [0.5, 0.6) is 0 Å². The lowest BCUT2D eigenvalue weighted by Gasteiger charge is -2.04. The molecule has 0 aliphatic rings. The highest BCUT2D eigenvalue weighted by Gasteiger charge is 2.12. The molecule has 3 heterocycles. The Morgan fingerprint density at radius 1 is 1.37 bits per heavy atom. The molecule has 0 bridgehead atoms. The first-order valence-corrected chi connectivity index (χ1v) is 7.51. The predicted octanol–water partition coefficient (Wildman–Crippen LogP) is 2.70. The topological polar surface area (TPSA) is 79.4 Å². The Bertz CT molecular complexity index is 704. The number of H-pyrrole nitrogens is 1. The van der Waals surface area contributed by atoms with Crippen LogP contribution in [-0.2, 0) is 0 Å². The molecule has 3 aromatic heterocycles. The van der Waals surface area contributed by atoms with E-state index in [2.05, 4.69) is 30.5 Å². The number of rotatable bonds is 4. The van der Waals surface area contributed by atoms with Crippen molar-refractivity contribution in [1.82, 2.24) is 25.1 Å². The molecule has 0 atom stereocenters. The molecule has 0 spiro atoms. The summed E-state index contributed by atoms with van der Waals surface area (Å²) in [4.78, 5) is 13.3. The molecule has 6 nitrogen and oxygen atoms in total. The number of hydrogen-bond donors (Lipinski definition) is 2. The minimum absolute atomic E-state index is 0.607. The van der Waals surface area contributed by atoms with Crippen LogP contribution >= 0.6 is 23.1 Å². The highest BCUT2D eigenvalue weighted by molar-refractivity contribution is 8.01. The summed E-state index contributed by atoms with van der Waals surface area (Å²) in [6.45, 7) is 4.77. The highest BCUT2D eigenvalue weighted by Crippen LogP contribution is 2.33.